The van der Waals surface area contributed by atoms with Crippen molar-refractivity contribution in [3.8, 4) is 5.75 Å². The van der Waals surface area contributed by atoms with Crippen molar-refractivity contribution < 1.29 is 28.8 Å². The van der Waals surface area contributed by atoms with Gasteiger partial charge in [0.05, 0.1) is 24.5 Å². The minimum Gasteiger partial charge on any atom is -0.491 e. The fourth-order valence-electron chi connectivity index (χ4n) is 3.39. The molecule has 29 heavy (non-hydrogen) atoms. The molecule has 0 unspecified atom stereocenters. The van der Waals surface area contributed by atoms with Crippen molar-refractivity contribution in [2.24, 2.45) is 0 Å². The predicted molar refractivity (Wildman–Crippen MR) is 106 cm³/mol. The third kappa shape index (κ3) is 3.96. The SMILES string of the molecule is O=C(Nc1cccc2c1OCC2)C(=O)N[C@@H](Cc1coc2ccccc12)B(O)O. The minimum absolute atomic E-state index is 0.0809. The normalized spacial score (nSPS) is 13.4. The van der Waals surface area contributed by atoms with Crippen LogP contribution in [0.4, 0.5) is 5.69 Å². The second kappa shape index (κ2) is 7.98. The minimum atomic E-state index is -1.86. The maximum atomic E-state index is 12.3. The van der Waals surface area contributed by atoms with Gasteiger partial charge in [-0.15, -0.1) is 0 Å². The highest BCUT2D eigenvalue weighted by Gasteiger charge is 2.29. The zero-order valence-corrected chi connectivity index (χ0v) is 15.4. The summed E-state index contributed by atoms with van der Waals surface area (Å²) in [6.45, 7) is 0.520. The lowest BCUT2D eigenvalue weighted by Crippen LogP contribution is -2.51. The van der Waals surface area contributed by atoms with E-state index < -0.39 is 24.9 Å². The van der Waals surface area contributed by atoms with Gasteiger partial charge in [0.1, 0.15) is 11.3 Å². The molecule has 4 N–H and O–H groups in total. The van der Waals surface area contributed by atoms with E-state index in [0.717, 1.165) is 17.4 Å². The fourth-order valence-corrected chi connectivity index (χ4v) is 3.39. The van der Waals surface area contributed by atoms with Crippen LogP contribution in [0.5, 0.6) is 5.75 Å². The van der Waals surface area contributed by atoms with Crippen LogP contribution in [0.2, 0.25) is 0 Å². The van der Waals surface area contributed by atoms with E-state index in [1.165, 1.54) is 6.26 Å². The van der Waals surface area contributed by atoms with Crippen molar-refractivity contribution in [2.45, 2.75) is 18.8 Å². The van der Waals surface area contributed by atoms with Crippen molar-refractivity contribution in [3.63, 3.8) is 0 Å². The van der Waals surface area contributed by atoms with Gasteiger partial charge in [-0.2, -0.15) is 0 Å². The third-order valence-electron chi connectivity index (χ3n) is 4.85. The number of fused-ring (bicyclic) bond motifs is 2. The molecule has 4 rings (SSSR count). The summed E-state index contributed by atoms with van der Waals surface area (Å²) in [7, 11) is -1.86. The number of nitrogens with one attached hydrogen (secondary N) is 2. The van der Waals surface area contributed by atoms with Crippen LogP contribution < -0.4 is 15.4 Å². The number of hydrogen-bond acceptors (Lipinski definition) is 6. The van der Waals surface area contributed by atoms with Gasteiger partial charge in [0.25, 0.3) is 0 Å². The van der Waals surface area contributed by atoms with Crippen LogP contribution in [0.3, 0.4) is 0 Å². The van der Waals surface area contributed by atoms with Crippen LogP contribution in [0.15, 0.2) is 53.1 Å². The largest absolute Gasteiger partial charge is 0.491 e. The summed E-state index contributed by atoms with van der Waals surface area (Å²) in [5, 5.41) is 25.1. The zero-order chi connectivity index (χ0) is 20.4. The first-order chi connectivity index (χ1) is 14.0. The fraction of sp³-hybridized carbons (Fsp3) is 0.200. The summed E-state index contributed by atoms with van der Waals surface area (Å²) in [5.41, 5.74) is 2.70. The summed E-state index contributed by atoms with van der Waals surface area (Å²) in [4.78, 5) is 24.7. The maximum Gasteiger partial charge on any atom is 0.475 e. The molecule has 1 aromatic heterocycles. The van der Waals surface area contributed by atoms with Gasteiger partial charge in [0.15, 0.2) is 0 Å². The van der Waals surface area contributed by atoms with Gasteiger partial charge in [-0.3, -0.25) is 9.59 Å². The first kappa shape index (κ1) is 19.0. The summed E-state index contributed by atoms with van der Waals surface area (Å²) in [5.74, 6) is -2.44. The molecule has 0 saturated heterocycles. The van der Waals surface area contributed by atoms with Crippen LogP contribution in [-0.4, -0.2) is 41.5 Å². The highest BCUT2D eigenvalue weighted by atomic mass is 16.5. The van der Waals surface area contributed by atoms with Crippen LogP contribution in [0.1, 0.15) is 11.1 Å². The van der Waals surface area contributed by atoms with Crippen molar-refractivity contribution in [1.82, 2.24) is 5.32 Å². The first-order valence-electron chi connectivity index (χ1n) is 9.20. The molecule has 1 aliphatic heterocycles. The van der Waals surface area contributed by atoms with Gasteiger partial charge in [-0.05, 0) is 29.7 Å². The smallest absolute Gasteiger partial charge is 0.475 e. The molecule has 1 aliphatic rings. The molecule has 9 heteroatoms. The van der Waals surface area contributed by atoms with E-state index in [1.807, 2.05) is 24.3 Å². The number of rotatable bonds is 5. The molecule has 0 aliphatic carbocycles. The number of carbonyl (C=O) groups is 2. The predicted octanol–water partition coefficient (Wildman–Crippen LogP) is 1.05. The van der Waals surface area contributed by atoms with Gasteiger partial charge >= 0.3 is 18.9 Å². The lowest BCUT2D eigenvalue weighted by Gasteiger charge is -2.17. The third-order valence-corrected chi connectivity index (χ3v) is 4.85. The zero-order valence-electron chi connectivity index (χ0n) is 15.4. The molecule has 0 bridgehead atoms. The Morgan fingerprint density at radius 1 is 1.10 bits per heavy atom. The first-order valence-corrected chi connectivity index (χ1v) is 9.20. The van der Waals surface area contributed by atoms with Gasteiger partial charge in [0, 0.05) is 11.8 Å². The van der Waals surface area contributed by atoms with E-state index in [0.29, 0.717) is 29.2 Å². The van der Waals surface area contributed by atoms with Gasteiger partial charge in [-0.1, -0.05) is 30.3 Å². The van der Waals surface area contributed by atoms with Crippen LogP contribution in [0, 0.1) is 0 Å². The molecule has 1 atom stereocenters. The van der Waals surface area contributed by atoms with E-state index in [9.17, 15) is 19.6 Å². The Bertz CT molecular complexity index is 1060. The molecule has 0 saturated carbocycles. The van der Waals surface area contributed by atoms with E-state index in [-0.39, 0.29) is 6.42 Å². The second-order valence-electron chi connectivity index (χ2n) is 6.80. The van der Waals surface area contributed by atoms with Crippen molar-refractivity contribution >= 4 is 35.6 Å². The average molecular weight is 394 g/mol. The van der Waals surface area contributed by atoms with Crippen LogP contribution >= 0.6 is 0 Å². The monoisotopic (exact) mass is 394 g/mol. The molecule has 2 amide bonds. The molecule has 148 valence electrons. The molecule has 8 nitrogen and oxygen atoms in total. The second-order valence-corrected chi connectivity index (χ2v) is 6.80. The molecular weight excluding hydrogens is 375 g/mol. The average Bonchev–Trinajstić information content (AvgIpc) is 3.35. The Hall–Kier alpha value is -3.30. The lowest BCUT2D eigenvalue weighted by atomic mass is 9.76. The Morgan fingerprint density at radius 2 is 1.93 bits per heavy atom. The summed E-state index contributed by atoms with van der Waals surface area (Å²) >= 11 is 0. The number of ether oxygens (including phenoxy) is 1. The summed E-state index contributed by atoms with van der Waals surface area (Å²) in [6, 6.07) is 12.6. The highest BCUT2D eigenvalue weighted by molar-refractivity contribution is 6.46. The van der Waals surface area contributed by atoms with Crippen LogP contribution in [0.25, 0.3) is 11.0 Å². The molecule has 3 aromatic rings. The molecular formula is C20H19BN2O6. The summed E-state index contributed by atoms with van der Waals surface area (Å²) < 4.78 is 10.9. The van der Waals surface area contributed by atoms with E-state index in [1.54, 1.807) is 18.2 Å². The Morgan fingerprint density at radius 3 is 2.76 bits per heavy atom. The van der Waals surface area contributed by atoms with Gasteiger partial charge < -0.3 is 29.8 Å². The van der Waals surface area contributed by atoms with Crippen molar-refractivity contribution in [1.29, 1.82) is 0 Å². The van der Waals surface area contributed by atoms with E-state index >= 15 is 0 Å². The lowest BCUT2D eigenvalue weighted by molar-refractivity contribution is -0.136. The number of carbonyl (C=O) groups excluding carboxylic acids is 2. The van der Waals surface area contributed by atoms with E-state index in [2.05, 4.69) is 10.6 Å². The molecule has 0 spiro atoms. The molecule has 0 fully saturated rings. The van der Waals surface area contributed by atoms with Crippen molar-refractivity contribution in [2.75, 3.05) is 11.9 Å². The van der Waals surface area contributed by atoms with Gasteiger partial charge in [0.2, 0.25) is 0 Å². The number of para-hydroxylation sites is 2. The number of amides is 2. The Balaban J connectivity index is 1.45. The highest BCUT2D eigenvalue weighted by Crippen LogP contribution is 2.33. The Kier molecular flexibility index (Phi) is 5.24. The summed E-state index contributed by atoms with van der Waals surface area (Å²) in [6.07, 6.45) is 2.32. The number of anilines is 1. The number of benzene rings is 2. The van der Waals surface area contributed by atoms with Crippen LogP contribution in [-0.2, 0) is 22.4 Å². The molecule has 0 radical (unpaired) electrons. The molecule has 2 aromatic carbocycles. The van der Waals surface area contributed by atoms with E-state index in [4.69, 9.17) is 9.15 Å². The maximum absolute atomic E-state index is 12.3. The molecule has 2 heterocycles. The number of hydrogen-bond donors (Lipinski definition) is 4. The number of furan rings is 1. The standard InChI is InChI=1S/C20H19BN2O6/c24-19(22-15-6-3-4-12-8-9-28-18(12)15)20(25)23-17(21(26)27)10-13-11-29-16-7-2-1-5-14(13)16/h1-7,11,17,26-27H,8-10H2,(H,22,24)(H,23,25)/t17-/m0/s1. The van der Waals surface area contributed by atoms with Crippen molar-refractivity contribution in [3.05, 3.63) is 59.9 Å². The quantitative estimate of drug-likeness (QED) is 0.379. The van der Waals surface area contributed by atoms with Gasteiger partial charge in [-0.25, -0.2) is 0 Å². The Labute approximate surface area is 166 Å². The topological polar surface area (TPSA) is 121 Å².